The van der Waals surface area contributed by atoms with Crippen LogP contribution in [0, 0.1) is 13.8 Å². The SMILES string of the molecule is CCN(CC)[C@H](C/[S@@](=N\S(=O)(=O)c1ccc(C)cc1)c1ccc(C)cc1)c1ccc(Cl)cc1. The Balaban J connectivity index is 2.11. The fraction of sp³-hybridized carbons (Fsp3) is 0.308. The maximum atomic E-state index is 13.3. The average Bonchev–Trinajstić information content (AvgIpc) is 2.80. The predicted octanol–water partition coefficient (Wildman–Crippen LogP) is 6.59. The Bertz CT molecular complexity index is 1190. The zero-order valence-corrected chi connectivity index (χ0v) is 21.9. The third kappa shape index (κ3) is 6.76. The molecule has 0 aliphatic heterocycles. The van der Waals surface area contributed by atoms with E-state index in [1.165, 1.54) is 0 Å². The van der Waals surface area contributed by atoms with Crippen LogP contribution >= 0.6 is 11.6 Å². The molecule has 0 fully saturated rings. The molecule has 0 aliphatic carbocycles. The summed E-state index contributed by atoms with van der Waals surface area (Å²) in [6.45, 7) is 9.89. The van der Waals surface area contributed by atoms with E-state index in [1.54, 1.807) is 24.3 Å². The van der Waals surface area contributed by atoms with Gasteiger partial charge in [-0.25, -0.2) is 0 Å². The fourth-order valence-corrected chi connectivity index (χ4v) is 7.48. The molecule has 0 saturated carbocycles. The molecule has 2 atom stereocenters. The summed E-state index contributed by atoms with van der Waals surface area (Å²) in [4.78, 5) is 3.48. The summed E-state index contributed by atoms with van der Waals surface area (Å²) in [5.74, 6) is 0.567. The minimum Gasteiger partial charge on any atom is -0.296 e. The Morgan fingerprint density at radius 3 is 1.88 bits per heavy atom. The first-order chi connectivity index (χ1) is 15.7. The van der Waals surface area contributed by atoms with Crippen LogP contribution < -0.4 is 0 Å². The highest BCUT2D eigenvalue weighted by Crippen LogP contribution is 2.28. The van der Waals surface area contributed by atoms with Gasteiger partial charge in [-0.15, -0.1) is 3.77 Å². The molecule has 0 spiro atoms. The van der Waals surface area contributed by atoms with Crippen molar-refractivity contribution < 1.29 is 8.42 Å². The summed E-state index contributed by atoms with van der Waals surface area (Å²) < 4.78 is 31.0. The van der Waals surface area contributed by atoms with Crippen LogP contribution in [0.15, 0.2) is 86.4 Å². The fourth-order valence-electron chi connectivity index (χ4n) is 3.65. The summed E-state index contributed by atoms with van der Waals surface area (Å²) in [7, 11) is -4.68. The van der Waals surface area contributed by atoms with E-state index in [0.29, 0.717) is 10.8 Å². The van der Waals surface area contributed by atoms with Crippen molar-refractivity contribution in [2.75, 3.05) is 18.8 Å². The van der Waals surface area contributed by atoms with Crippen LogP contribution in [0.2, 0.25) is 5.02 Å². The Kier molecular flexibility index (Phi) is 8.88. The van der Waals surface area contributed by atoms with Crippen LogP contribution in [0.1, 0.15) is 36.6 Å². The van der Waals surface area contributed by atoms with Crippen LogP contribution in [0.3, 0.4) is 0 Å². The van der Waals surface area contributed by atoms with Gasteiger partial charge >= 0.3 is 0 Å². The molecule has 0 radical (unpaired) electrons. The summed E-state index contributed by atoms with van der Waals surface area (Å²) >= 11 is 6.14. The molecule has 0 bridgehead atoms. The Labute approximate surface area is 205 Å². The molecule has 0 aliphatic rings. The van der Waals surface area contributed by atoms with E-state index in [-0.39, 0.29) is 10.9 Å². The Morgan fingerprint density at radius 2 is 1.36 bits per heavy atom. The largest absolute Gasteiger partial charge is 0.296 e. The number of hydrogen-bond donors (Lipinski definition) is 0. The molecule has 0 N–H and O–H groups in total. The maximum Gasteiger partial charge on any atom is 0.288 e. The van der Waals surface area contributed by atoms with Gasteiger partial charge in [-0.2, -0.15) is 8.42 Å². The second-order valence-electron chi connectivity index (χ2n) is 8.00. The molecule has 3 rings (SSSR count). The van der Waals surface area contributed by atoms with E-state index in [4.69, 9.17) is 11.6 Å². The molecule has 176 valence electrons. The molecule has 33 heavy (non-hydrogen) atoms. The van der Waals surface area contributed by atoms with E-state index in [1.807, 2.05) is 62.4 Å². The zero-order valence-electron chi connectivity index (χ0n) is 19.5. The zero-order chi connectivity index (χ0) is 24.0. The smallest absolute Gasteiger partial charge is 0.288 e. The lowest BCUT2D eigenvalue weighted by atomic mass is 10.1. The normalized spacial score (nSPS) is 13.9. The molecule has 0 saturated heterocycles. The third-order valence-electron chi connectivity index (χ3n) is 5.62. The van der Waals surface area contributed by atoms with Gasteiger partial charge in [0.15, 0.2) is 0 Å². The van der Waals surface area contributed by atoms with Gasteiger partial charge in [0.2, 0.25) is 0 Å². The first-order valence-corrected chi connectivity index (χ1v) is 14.2. The van der Waals surface area contributed by atoms with Gasteiger partial charge in [-0.1, -0.05) is 73.0 Å². The van der Waals surface area contributed by atoms with E-state index in [2.05, 4.69) is 22.5 Å². The van der Waals surface area contributed by atoms with E-state index in [9.17, 15) is 8.42 Å². The highest BCUT2D eigenvalue weighted by molar-refractivity contribution is 8.00. The van der Waals surface area contributed by atoms with Gasteiger partial charge in [0.05, 0.1) is 4.90 Å². The van der Waals surface area contributed by atoms with Crippen molar-refractivity contribution in [2.24, 2.45) is 3.77 Å². The summed E-state index contributed by atoms with van der Waals surface area (Å²) in [5.41, 5.74) is 3.24. The minimum atomic E-state index is -3.81. The van der Waals surface area contributed by atoms with Gasteiger partial charge in [0, 0.05) is 21.7 Å². The molecule has 0 aromatic heterocycles. The minimum absolute atomic E-state index is 0.0128. The molecule has 0 unspecified atom stereocenters. The molecule has 7 heteroatoms. The molecular formula is C26H31ClN2O2S2. The Morgan fingerprint density at radius 1 is 0.848 bits per heavy atom. The first-order valence-electron chi connectivity index (χ1n) is 11.1. The van der Waals surface area contributed by atoms with Gasteiger partial charge < -0.3 is 0 Å². The van der Waals surface area contributed by atoms with E-state index in [0.717, 1.165) is 34.7 Å². The number of aryl methyl sites for hydroxylation is 2. The summed E-state index contributed by atoms with van der Waals surface area (Å²) in [6.07, 6.45) is 0. The van der Waals surface area contributed by atoms with Gasteiger partial charge in [-0.3, -0.25) is 4.90 Å². The monoisotopic (exact) mass is 502 g/mol. The number of rotatable bonds is 9. The third-order valence-corrected chi connectivity index (χ3v) is 9.70. The second-order valence-corrected chi connectivity index (χ2v) is 12.0. The molecular weight excluding hydrogens is 472 g/mol. The Hall–Kier alpha value is -1.99. The van der Waals surface area contributed by atoms with Crippen LogP contribution in [0.25, 0.3) is 0 Å². The molecule has 4 nitrogen and oxygen atoms in total. The highest BCUT2D eigenvalue weighted by atomic mass is 35.5. The van der Waals surface area contributed by atoms with Gasteiger partial charge in [-0.05, 0) is 79.6 Å². The van der Waals surface area contributed by atoms with Crippen molar-refractivity contribution >= 4 is 32.3 Å². The number of sulfonamides is 1. The van der Waals surface area contributed by atoms with E-state index < -0.39 is 20.7 Å². The van der Waals surface area contributed by atoms with Crippen molar-refractivity contribution in [2.45, 2.75) is 43.5 Å². The summed E-state index contributed by atoms with van der Waals surface area (Å²) in [6, 6.07) is 22.7. The standard InChI is InChI=1S/C26H31ClN2O2S2/c1-5-29(6-2)26(22-11-13-23(27)14-12-22)19-32(24-15-7-20(3)8-16-24)28-33(30,31)25-17-9-21(4)10-18-25/h7-18,26H,5-6,19H2,1-4H3/t26-,32-/m1/s1. The number of hydrogen-bond acceptors (Lipinski definition) is 3. The van der Waals surface area contributed by atoms with E-state index >= 15 is 0 Å². The van der Waals surface area contributed by atoms with Crippen LogP contribution in [-0.2, 0) is 20.7 Å². The van der Waals surface area contributed by atoms with Crippen molar-refractivity contribution in [3.8, 4) is 0 Å². The number of halogens is 1. The highest BCUT2D eigenvalue weighted by Gasteiger charge is 2.23. The lowest BCUT2D eigenvalue weighted by molar-refractivity contribution is 0.238. The summed E-state index contributed by atoms with van der Waals surface area (Å²) in [5, 5.41) is 0.682. The molecule has 3 aromatic carbocycles. The lowest BCUT2D eigenvalue weighted by Crippen LogP contribution is -2.32. The van der Waals surface area contributed by atoms with Crippen molar-refractivity contribution in [3.63, 3.8) is 0 Å². The maximum absolute atomic E-state index is 13.3. The van der Waals surface area contributed by atoms with Crippen molar-refractivity contribution in [1.29, 1.82) is 0 Å². The van der Waals surface area contributed by atoms with Gasteiger partial charge in [0.25, 0.3) is 10.0 Å². The van der Waals surface area contributed by atoms with Crippen LogP contribution in [-0.4, -0.2) is 32.2 Å². The number of benzene rings is 3. The second kappa shape index (κ2) is 11.4. The molecule has 0 amide bonds. The lowest BCUT2D eigenvalue weighted by Gasteiger charge is -2.31. The average molecular weight is 503 g/mol. The van der Waals surface area contributed by atoms with Crippen LogP contribution in [0.4, 0.5) is 0 Å². The van der Waals surface area contributed by atoms with Crippen LogP contribution in [0.5, 0.6) is 0 Å². The first kappa shape index (κ1) is 25.6. The van der Waals surface area contributed by atoms with Crippen molar-refractivity contribution in [1.82, 2.24) is 4.90 Å². The quantitative estimate of drug-likeness (QED) is 0.331. The predicted molar refractivity (Wildman–Crippen MR) is 140 cm³/mol. The topological polar surface area (TPSA) is 49.7 Å². The molecule has 3 aromatic rings. The van der Waals surface area contributed by atoms with Crippen molar-refractivity contribution in [3.05, 3.63) is 94.5 Å². The molecule has 0 heterocycles. The van der Waals surface area contributed by atoms with Gasteiger partial charge in [0.1, 0.15) is 0 Å². The number of nitrogens with zero attached hydrogens (tertiary/aromatic N) is 2.